The zero-order chi connectivity index (χ0) is 21.4. The van der Waals surface area contributed by atoms with E-state index in [-0.39, 0.29) is 31.1 Å². The van der Waals surface area contributed by atoms with Gasteiger partial charge in [0.25, 0.3) is 0 Å². The Bertz CT molecular complexity index is 1020. The van der Waals surface area contributed by atoms with Crippen LogP contribution >= 0.6 is 0 Å². The highest BCUT2D eigenvalue weighted by Crippen LogP contribution is 2.40. The van der Waals surface area contributed by atoms with E-state index in [1.54, 1.807) is 0 Å². The minimum absolute atomic E-state index is 0.133. The Kier molecular flexibility index (Phi) is 5.72. The molecule has 29 heavy (non-hydrogen) atoms. The Morgan fingerprint density at radius 3 is 2.62 bits per heavy atom. The van der Waals surface area contributed by atoms with Crippen LogP contribution in [-0.2, 0) is 32.1 Å². The Hall–Kier alpha value is -2.40. The summed E-state index contributed by atoms with van der Waals surface area (Å²) in [4.78, 5) is 10.2. The molecule has 0 unspecified atom stereocenters. The van der Waals surface area contributed by atoms with Crippen molar-refractivity contribution in [3.63, 3.8) is 0 Å². The van der Waals surface area contributed by atoms with Gasteiger partial charge in [-0.05, 0) is 37.0 Å². The number of benzene rings is 1. The lowest BCUT2D eigenvalue weighted by atomic mass is 10.1. The molecule has 2 aromatic rings. The molecule has 1 aromatic heterocycles. The number of hydrogen-bond donors (Lipinski definition) is 1. The first-order valence-corrected chi connectivity index (χ1v) is 10.4. The number of primary amides is 1. The molecule has 1 aliphatic rings. The van der Waals surface area contributed by atoms with Crippen molar-refractivity contribution in [2.45, 2.75) is 48.2 Å². The number of nitrogens with two attached hydrogens (primary N) is 1. The summed E-state index contributed by atoms with van der Waals surface area (Å²) in [5.74, 6) is -0.650. The Labute approximate surface area is 165 Å². The van der Waals surface area contributed by atoms with E-state index in [1.807, 2.05) is 0 Å². The molecule has 0 saturated heterocycles. The molecule has 1 heterocycles. The van der Waals surface area contributed by atoms with Crippen LogP contribution in [0.3, 0.4) is 0 Å². The second kappa shape index (κ2) is 7.79. The topological polar surface area (TPSA) is 104 Å². The van der Waals surface area contributed by atoms with Gasteiger partial charge in [0, 0.05) is 18.9 Å². The van der Waals surface area contributed by atoms with Crippen LogP contribution in [0.4, 0.5) is 13.2 Å². The van der Waals surface area contributed by atoms with Gasteiger partial charge in [0.15, 0.2) is 9.84 Å². The van der Waals surface area contributed by atoms with E-state index in [2.05, 4.69) is 5.10 Å². The Morgan fingerprint density at radius 2 is 2.03 bits per heavy atom. The highest BCUT2D eigenvalue weighted by molar-refractivity contribution is 7.92. The zero-order valence-electron chi connectivity index (χ0n) is 15.5. The van der Waals surface area contributed by atoms with E-state index in [4.69, 9.17) is 10.5 Å². The van der Waals surface area contributed by atoms with Crippen LogP contribution in [0, 0.1) is 0 Å². The molecule has 1 aromatic carbocycles. The summed E-state index contributed by atoms with van der Waals surface area (Å²) in [7, 11) is -2.73. The number of aromatic nitrogens is 2. The highest BCUT2D eigenvalue weighted by Gasteiger charge is 2.42. The maximum absolute atomic E-state index is 13.7. The van der Waals surface area contributed by atoms with Gasteiger partial charge in [-0.3, -0.25) is 9.48 Å². The van der Waals surface area contributed by atoms with Gasteiger partial charge >= 0.3 is 6.18 Å². The second-order valence-corrected chi connectivity index (χ2v) is 9.14. The highest BCUT2D eigenvalue weighted by atomic mass is 32.2. The lowest BCUT2D eigenvalue weighted by Gasteiger charge is -2.18. The second-order valence-electron chi connectivity index (χ2n) is 6.94. The number of amides is 1. The number of carbonyl (C=O) groups is 1. The third-order valence-corrected chi connectivity index (χ3v) is 7.26. The summed E-state index contributed by atoms with van der Waals surface area (Å²) in [6, 6.07) is 3.08. The maximum atomic E-state index is 13.7. The van der Waals surface area contributed by atoms with E-state index in [0.29, 0.717) is 12.0 Å². The van der Waals surface area contributed by atoms with E-state index in [0.717, 1.165) is 12.1 Å². The first-order valence-electron chi connectivity index (χ1n) is 8.81. The quantitative estimate of drug-likeness (QED) is 0.756. The molecule has 0 radical (unpaired) electrons. The molecule has 3 rings (SSSR count). The Balaban J connectivity index is 2.01. The zero-order valence-corrected chi connectivity index (χ0v) is 16.3. The van der Waals surface area contributed by atoms with E-state index >= 15 is 0 Å². The van der Waals surface area contributed by atoms with Gasteiger partial charge in [0.05, 0.1) is 28.0 Å². The van der Waals surface area contributed by atoms with Crippen molar-refractivity contribution < 1.29 is 31.1 Å². The Morgan fingerprint density at radius 1 is 1.31 bits per heavy atom. The van der Waals surface area contributed by atoms with Crippen molar-refractivity contribution in [3.8, 4) is 11.1 Å². The van der Waals surface area contributed by atoms with Gasteiger partial charge in [0.1, 0.15) is 6.54 Å². The molecule has 2 atom stereocenters. The fraction of sp³-hybridized carbons (Fsp3) is 0.444. The third kappa shape index (κ3) is 4.45. The van der Waals surface area contributed by atoms with Crippen LogP contribution in [-0.4, -0.2) is 42.6 Å². The van der Waals surface area contributed by atoms with Gasteiger partial charge in [-0.25, -0.2) is 8.42 Å². The molecule has 0 bridgehead atoms. The fourth-order valence-electron chi connectivity index (χ4n) is 3.51. The van der Waals surface area contributed by atoms with Crippen LogP contribution in [0.2, 0.25) is 0 Å². The smallest absolute Gasteiger partial charge is 0.381 e. The molecule has 1 amide bonds. The van der Waals surface area contributed by atoms with Crippen LogP contribution in [0.15, 0.2) is 35.5 Å². The molecule has 11 heteroatoms. The molecule has 1 saturated carbocycles. The van der Waals surface area contributed by atoms with Crippen LogP contribution < -0.4 is 5.73 Å². The molecule has 158 valence electrons. The van der Waals surface area contributed by atoms with Crippen molar-refractivity contribution in [2.75, 3.05) is 7.11 Å². The largest absolute Gasteiger partial charge is 0.417 e. The first-order chi connectivity index (χ1) is 13.5. The number of sulfone groups is 1. The number of rotatable bonds is 6. The molecule has 1 fully saturated rings. The van der Waals surface area contributed by atoms with Gasteiger partial charge in [-0.15, -0.1) is 0 Å². The number of halogens is 3. The van der Waals surface area contributed by atoms with Crippen LogP contribution in [0.1, 0.15) is 24.8 Å². The predicted molar refractivity (Wildman–Crippen MR) is 97.5 cm³/mol. The molecule has 1 aliphatic carbocycles. The van der Waals surface area contributed by atoms with Crippen molar-refractivity contribution in [2.24, 2.45) is 5.73 Å². The van der Waals surface area contributed by atoms with Crippen molar-refractivity contribution >= 4 is 15.7 Å². The average Bonchev–Trinajstić information content (AvgIpc) is 3.29. The maximum Gasteiger partial charge on any atom is 0.417 e. The molecule has 0 aliphatic heterocycles. The minimum atomic E-state index is -4.86. The third-order valence-electron chi connectivity index (χ3n) is 4.98. The number of methoxy groups -OCH3 is 1. The SMILES string of the molecule is CO[C@@H]1CC[C@@H](S(=O)(=O)c2ccc(-c3cnn(CC(N)=O)c3)cc2C(F)(F)F)C1. The number of alkyl halides is 3. The lowest BCUT2D eigenvalue weighted by molar-refractivity contribution is -0.139. The van der Waals surface area contributed by atoms with Gasteiger partial charge in [-0.1, -0.05) is 6.07 Å². The monoisotopic (exact) mass is 431 g/mol. The minimum Gasteiger partial charge on any atom is -0.381 e. The standard InChI is InChI=1S/C18H20F3N3O4S/c1-28-13-3-4-14(7-13)29(26,27)16-5-2-11(6-15(16)18(19,20)21)12-8-23-24(9-12)10-17(22)25/h2,5-6,8-9,13-14H,3-4,7,10H2,1H3,(H2,22,25)/t13-,14-/m1/s1. The molecule has 2 N–H and O–H groups in total. The van der Waals surface area contributed by atoms with E-state index in [1.165, 1.54) is 30.3 Å². The predicted octanol–water partition coefficient (Wildman–Crippen LogP) is 2.40. The van der Waals surface area contributed by atoms with Gasteiger partial charge in [0.2, 0.25) is 5.91 Å². The van der Waals surface area contributed by atoms with Crippen molar-refractivity contribution in [1.82, 2.24) is 9.78 Å². The van der Waals surface area contributed by atoms with Crippen LogP contribution in [0.25, 0.3) is 11.1 Å². The van der Waals surface area contributed by atoms with Gasteiger partial charge < -0.3 is 10.5 Å². The van der Waals surface area contributed by atoms with Crippen molar-refractivity contribution in [3.05, 3.63) is 36.2 Å². The summed E-state index contributed by atoms with van der Waals surface area (Å²) in [6.07, 6.45) is -1.59. The average molecular weight is 431 g/mol. The van der Waals surface area contributed by atoms with Gasteiger partial charge in [-0.2, -0.15) is 18.3 Å². The summed E-state index contributed by atoms with van der Waals surface area (Å²) in [5.41, 5.74) is 4.29. The number of hydrogen-bond acceptors (Lipinski definition) is 5. The molecule has 7 nitrogen and oxygen atoms in total. The molecular weight excluding hydrogens is 411 g/mol. The van der Waals surface area contributed by atoms with Crippen LogP contribution in [0.5, 0.6) is 0 Å². The molecule has 0 spiro atoms. The summed E-state index contributed by atoms with van der Waals surface area (Å²) in [6.45, 7) is -0.221. The van der Waals surface area contributed by atoms with Crippen molar-refractivity contribution in [1.29, 1.82) is 0 Å². The fourth-order valence-corrected chi connectivity index (χ4v) is 5.53. The normalized spacial score (nSPS) is 20.1. The number of nitrogens with zero attached hydrogens (tertiary/aromatic N) is 2. The first kappa shape index (κ1) is 21.3. The van der Waals surface area contributed by atoms with E-state index in [9.17, 15) is 26.4 Å². The number of carbonyl (C=O) groups excluding carboxylic acids is 1. The number of ether oxygens (including phenoxy) is 1. The van der Waals surface area contributed by atoms with E-state index < -0.39 is 37.6 Å². The summed E-state index contributed by atoms with van der Waals surface area (Å²) < 4.78 is 73.3. The molecular formula is C18H20F3N3O4S. The summed E-state index contributed by atoms with van der Waals surface area (Å²) >= 11 is 0. The summed E-state index contributed by atoms with van der Waals surface area (Å²) in [5, 5.41) is 2.96. The lowest BCUT2D eigenvalue weighted by Crippen LogP contribution is -2.23.